The highest BCUT2D eigenvalue weighted by atomic mass is 19.3. The van der Waals surface area contributed by atoms with Crippen LogP contribution in [0.5, 0.6) is 0 Å². The van der Waals surface area contributed by atoms with Crippen molar-refractivity contribution in [2.45, 2.75) is 33.2 Å². The second kappa shape index (κ2) is 7.62. The van der Waals surface area contributed by atoms with Crippen LogP contribution >= 0.6 is 0 Å². The molecule has 136 valence electrons. The van der Waals surface area contributed by atoms with Gasteiger partial charge in [-0.25, -0.2) is 13.5 Å². The number of nitrogens with zero attached hydrogens (tertiary/aromatic N) is 3. The van der Waals surface area contributed by atoms with Crippen molar-refractivity contribution in [3.63, 3.8) is 0 Å². The smallest absolute Gasteiger partial charge is 0.261 e. The first-order valence-electron chi connectivity index (χ1n) is 8.64. The molecule has 0 aliphatic carbocycles. The molecular formula is C19H25F2N3O. The summed E-state index contributed by atoms with van der Waals surface area (Å²) < 4.78 is 31.5. The first-order chi connectivity index (χ1) is 11.9. The number of para-hydroxylation sites is 1. The third-order valence-corrected chi connectivity index (χ3v) is 4.44. The number of hydrogen-bond acceptors (Lipinski definition) is 3. The van der Waals surface area contributed by atoms with E-state index in [1.807, 2.05) is 29.1 Å². The largest absolute Gasteiger partial charge is 0.374 e. The van der Waals surface area contributed by atoms with Crippen LogP contribution in [0.15, 0.2) is 36.5 Å². The first-order valence-corrected chi connectivity index (χ1v) is 8.64. The third-order valence-electron chi connectivity index (χ3n) is 4.44. The molecule has 1 aliphatic heterocycles. The molecule has 0 amide bonds. The topological polar surface area (TPSA) is 30.3 Å². The lowest BCUT2D eigenvalue weighted by atomic mass is 9.87. The average Bonchev–Trinajstić information content (AvgIpc) is 2.87. The number of hydrogen-bond donors (Lipinski definition) is 0. The van der Waals surface area contributed by atoms with Gasteiger partial charge in [0.1, 0.15) is 6.61 Å². The van der Waals surface area contributed by atoms with Crippen molar-refractivity contribution < 1.29 is 13.5 Å². The lowest BCUT2D eigenvalue weighted by Crippen LogP contribution is -2.35. The summed E-state index contributed by atoms with van der Waals surface area (Å²) in [6.07, 6.45) is 0.443. The van der Waals surface area contributed by atoms with Gasteiger partial charge in [0.2, 0.25) is 0 Å². The van der Waals surface area contributed by atoms with Crippen LogP contribution in [-0.4, -0.2) is 47.4 Å². The summed E-state index contributed by atoms with van der Waals surface area (Å²) in [5, 5.41) is 4.59. The molecule has 2 heterocycles. The molecule has 4 nitrogen and oxygen atoms in total. The van der Waals surface area contributed by atoms with Gasteiger partial charge in [-0.15, -0.1) is 0 Å². The summed E-state index contributed by atoms with van der Waals surface area (Å²) in [5.74, 6) is 0. The number of benzene rings is 1. The maximum atomic E-state index is 12.2. The zero-order chi connectivity index (χ0) is 17.9. The van der Waals surface area contributed by atoms with Gasteiger partial charge in [-0.3, -0.25) is 4.90 Å². The van der Waals surface area contributed by atoms with E-state index in [2.05, 4.69) is 36.0 Å². The Balaban J connectivity index is 1.76. The van der Waals surface area contributed by atoms with Gasteiger partial charge in [-0.05, 0) is 24.0 Å². The van der Waals surface area contributed by atoms with Gasteiger partial charge in [0.25, 0.3) is 6.43 Å². The Bertz CT molecular complexity index is 685. The van der Waals surface area contributed by atoms with Crippen molar-refractivity contribution in [2.75, 3.05) is 26.3 Å². The molecule has 25 heavy (non-hydrogen) atoms. The molecule has 1 aliphatic rings. The van der Waals surface area contributed by atoms with E-state index in [-0.39, 0.29) is 5.41 Å². The number of halogens is 2. The molecule has 2 aromatic rings. The van der Waals surface area contributed by atoms with E-state index in [4.69, 9.17) is 4.74 Å². The van der Waals surface area contributed by atoms with Crippen molar-refractivity contribution in [3.05, 3.63) is 47.8 Å². The Morgan fingerprint density at radius 3 is 2.72 bits per heavy atom. The van der Waals surface area contributed by atoms with Crippen LogP contribution in [0.4, 0.5) is 8.78 Å². The molecule has 0 atom stereocenters. The summed E-state index contributed by atoms with van der Waals surface area (Å²) in [7, 11) is 0. The molecule has 0 unspecified atom stereocenters. The average molecular weight is 349 g/mol. The van der Waals surface area contributed by atoms with E-state index >= 15 is 0 Å². The maximum absolute atomic E-state index is 12.2. The quantitative estimate of drug-likeness (QED) is 0.748. The number of rotatable bonds is 6. The zero-order valence-corrected chi connectivity index (χ0v) is 14.8. The van der Waals surface area contributed by atoms with Crippen LogP contribution < -0.4 is 0 Å². The molecule has 0 saturated heterocycles. The third kappa shape index (κ3) is 4.64. The van der Waals surface area contributed by atoms with Crippen LogP contribution in [0.3, 0.4) is 0 Å². The number of ether oxygens (including phenoxy) is 1. The monoisotopic (exact) mass is 349 g/mol. The molecule has 3 rings (SSSR count). The molecule has 0 bridgehead atoms. The van der Waals surface area contributed by atoms with E-state index in [9.17, 15) is 8.78 Å². The minimum atomic E-state index is -2.41. The Labute approximate surface area is 147 Å². The molecule has 0 fully saturated rings. The predicted octanol–water partition coefficient (Wildman–Crippen LogP) is 3.54. The summed E-state index contributed by atoms with van der Waals surface area (Å²) in [5.41, 5.74) is 3.56. The van der Waals surface area contributed by atoms with Crippen molar-refractivity contribution in [3.8, 4) is 5.69 Å². The highest BCUT2D eigenvalue weighted by molar-refractivity contribution is 5.35. The fraction of sp³-hybridized carbons (Fsp3) is 0.526. The van der Waals surface area contributed by atoms with Crippen molar-refractivity contribution >= 4 is 0 Å². The van der Waals surface area contributed by atoms with Gasteiger partial charge in [-0.2, -0.15) is 5.10 Å². The zero-order valence-electron chi connectivity index (χ0n) is 14.8. The second-order valence-electron chi connectivity index (χ2n) is 7.38. The normalized spacial score (nSPS) is 17.5. The van der Waals surface area contributed by atoms with Gasteiger partial charge in [0, 0.05) is 30.9 Å². The SMILES string of the molecule is CC1(C)Cc2c(cnn2-c2ccccc2)CN(CCOCC(F)F)C1. The summed E-state index contributed by atoms with van der Waals surface area (Å²) >= 11 is 0. The minimum absolute atomic E-state index is 0.0700. The fourth-order valence-electron chi connectivity index (χ4n) is 3.46. The Kier molecular flexibility index (Phi) is 5.49. The molecule has 0 saturated carbocycles. The Hall–Kier alpha value is -1.79. The van der Waals surface area contributed by atoms with E-state index in [1.165, 1.54) is 11.3 Å². The molecule has 1 aromatic heterocycles. The van der Waals surface area contributed by atoms with E-state index in [0.717, 1.165) is 25.2 Å². The van der Waals surface area contributed by atoms with Crippen LogP contribution in [0.25, 0.3) is 5.69 Å². The highest BCUT2D eigenvalue weighted by Crippen LogP contribution is 2.31. The van der Waals surface area contributed by atoms with Crippen LogP contribution in [0.2, 0.25) is 0 Å². The maximum Gasteiger partial charge on any atom is 0.261 e. The van der Waals surface area contributed by atoms with Crippen molar-refractivity contribution in [1.29, 1.82) is 0 Å². The molecule has 0 spiro atoms. The molecule has 6 heteroatoms. The van der Waals surface area contributed by atoms with Crippen LogP contribution in [0, 0.1) is 5.41 Å². The number of aromatic nitrogens is 2. The Morgan fingerprint density at radius 1 is 1.24 bits per heavy atom. The molecule has 0 radical (unpaired) electrons. The van der Waals surface area contributed by atoms with Crippen molar-refractivity contribution in [1.82, 2.24) is 14.7 Å². The highest BCUT2D eigenvalue weighted by Gasteiger charge is 2.30. The van der Waals surface area contributed by atoms with Crippen LogP contribution in [-0.2, 0) is 17.7 Å². The van der Waals surface area contributed by atoms with Crippen molar-refractivity contribution in [2.24, 2.45) is 5.41 Å². The number of alkyl halides is 2. The molecule has 0 N–H and O–H groups in total. The van der Waals surface area contributed by atoms with Gasteiger partial charge in [-0.1, -0.05) is 32.0 Å². The fourth-order valence-corrected chi connectivity index (χ4v) is 3.46. The Morgan fingerprint density at radius 2 is 2.00 bits per heavy atom. The van der Waals surface area contributed by atoms with E-state index in [0.29, 0.717) is 13.2 Å². The lowest BCUT2D eigenvalue weighted by molar-refractivity contribution is 0.00644. The predicted molar refractivity (Wildman–Crippen MR) is 93.1 cm³/mol. The number of fused-ring (bicyclic) bond motifs is 1. The second-order valence-corrected chi connectivity index (χ2v) is 7.38. The molecule has 1 aromatic carbocycles. The standard InChI is InChI=1S/C19H25F2N3O/c1-19(2)10-17-15(11-22-24(17)16-6-4-3-5-7-16)12-23(14-19)8-9-25-13-18(20)21/h3-7,11,18H,8-10,12-14H2,1-2H3. The first kappa shape index (κ1) is 18.0. The van der Waals surface area contributed by atoms with Gasteiger partial charge in [0.15, 0.2) is 0 Å². The van der Waals surface area contributed by atoms with E-state index in [1.54, 1.807) is 0 Å². The lowest BCUT2D eigenvalue weighted by Gasteiger charge is -2.29. The summed E-state index contributed by atoms with van der Waals surface area (Å²) in [6, 6.07) is 10.1. The molecular weight excluding hydrogens is 324 g/mol. The minimum Gasteiger partial charge on any atom is -0.374 e. The summed E-state index contributed by atoms with van der Waals surface area (Å²) in [4.78, 5) is 2.27. The van der Waals surface area contributed by atoms with E-state index < -0.39 is 13.0 Å². The van der Waals surface area contributed by atoms with Gasteiger partial charge < -0.3 is 4.74 Å². The van der Waals surface area contributed by atoms with Crippen LogP contribution in [0.1, 0.15) is 25.1 Å². The van der Waals surface area contributed by atoms with Gasteiger partial charge >= 0.3 is 0 Å². The van der Waals surface area contributed by atoms with Gasteiger partial charge in [0.05, 0.1) is 18.5 Å². The summed E-state index contributed by atoms with van der Waals surface area (Å²) in [6.45, 7) is 6.61.